The van der Waals surface area contributed by atoms with E-state index < -0.39 is 0 Å². The molecule has 4 rings (SSSR count). The molecule has 142 valence electrons. The summed E-state index contributed by atoms with van der Waals surface area (Å²) in [4.78, 5) is 17.6. The van der Waals surface area contributed by atoms with Gasteiger partial charge in [-0.25, -0.2) is 0 Å². The number of anilines is 1. The predicted octanol–water partition coefficient (Wildman–Crippen LogP) is 3.09. The van der Waals surface area contributed by atoms with Gasteiger partial charge in [-0.2, -0.15) is 0 Å². The number of carbonyl (C=O) groups excluding carboxylic acids is 1. The largest absolute Gasteiger partial charge is 0.381 e. The van der Waals surface area contributed by atoms with Crippen molar-refractivity contribution in [2.45, 2.75) is 56.3 Å². The summed E-state index contributed by atoms with van der Waals surface area (Å²) >= 11 is 0. The van der Waals surface area contributed by atoms with E-state index in [1.54, 1.807) is 14.2 Å². The maximum Gasteiger partial charge on any atom is 0.254 e. The van der Waals surface area contributed by atoms with E-state index in [9.17, 15) is 4.79 Å². The molecule has 2 heterocycles. The summed E-state index contributed by atoms with van der Waals surface area (Å²) in [6.07, 6.45) is 6.49. The van der Waals surface area contributed by atoms with Gasteiger partial charge in [0, 0.05) is 45.1 Å². The molecule has 1 aromatic rings. The second kappa shape index (κ2) is 7.20. The summed E-state index contributed by atoms with van der Waals surface area (Å²) in [5.74, 6) is 0.124. The topological polar surface area (TPSA) is 42.0 Å². The number of nitrogens with zero attached hydrogens (tertiary/aromatic N) is 2. The van der Waals surface area contributed by atoms with E-state index >= 15 is 0 Å². The normalized spacial score (nSPS) is 31.3. The van der Waals surface area contributed by atoms with Crippen LogP contribution in [0.2, 0.25) is 0 Å². The lowest BCUT2D eigenvalue weighted by Gasteiger charge is -2.43. The molecule has 2 aliphatic heterocycles. The molecule has 1 saturated carbocycles. The van der Waals surface area contributed by atoms with Gasteiger partial charge >= 0.3 is 0 Å². The van der Waals surface area contributed by atoms with Crippen LogP contribution in [0.5, 0.6) is 0 Å². The molecular weight excluding hydrogens is 328 g/mol. The van der Waals surface area contributed by atoms with Gasteiger partial charge in [-0.1, -0.05) is 0 Å². The van der Waals surface area contributed by atoms with Gasteiger partial charge in [0.1, 0.15) is 0 Å². The Morgan fingerprint density at radius 1 is 1.08 bits per heavy atom. The van der Waals surface area contributed by atoms with Crippen molar-refractivity contribution >= 4 is 11.6 Å². The van der Waals surface area contributed by atoms with Crippen molar-refractivity contribution in [3.05, 3.63) is 29.8 Å². The first kappa shape index (κ1) is 17.8. The molecule has 0 bridgehead atoms. The first-order valence-corrected chi connectivity index (χ1v) is 9.91. The van der Waals surface area contributed by atoms with Crippen LogP contribution in [0.4, 0.5) is 5.69 Å². The zero-order valence-electron chi connectivity index (χ0n) is 15.9. The van der Waals surface area contributed by atoms with Gasteiger partial charge in [0.15, 0.2) is 0 Å². The van der Waals surface area contributed by atoms with Gasteiger partial charge in [0.25, 0.3) is 5.91 Å². The molecule has 26 heavy (non-hydrogen) atoms. The van der Waals surface area contributed by atoms with Crippen molar-refractivity contribution in [1.29, 1.82) is 0 Å². The van der Waals surface area contributed by atoms with Crippen LogP contribution < -0.4 is 4.90 Å². The van der Waals surface area contributed by atoms with Crippen molar-refractivity contribution < 1.29 is 14.3 Å². The van der Waals surface area contributed by atoms with Crippen molar-refractivity contribution in [3.8, 4) is 0 Å². The molecule has 5 nitrogen and oxygen atoms in total. The molecule has 1 aromatic carbocycles. The summed E-state index contributed by atoms with van der Waals surface area (Å²) in [5.41, 5.74) is 1.81. The number of likely N-dealkylation sites (tertiary alicyclic amines) is 1. The quantitative estimate of drug-likeness (QED) is 0.829. The Balaban J connectivity index is 1.52. The number of hydrogen-bond donors (Lipinski definition) is 0. The highest BCUT2D eigenvalue weighted by molar-refractivity contribution is 5.95. The van der Waals surface area contributed by atoms with Crippen LogP contribution in [0.25, 0.3) is 0 Å². The number of benzene rings is 1. The van der Waals surface area contributed by atoms with E-state index in [-0.39, 0.29) is 23.7 Å². The minimum atomic E-state index is -0.194. The molecule has 0 N–H and O–H groups in total. The van der Waals surface area contributed by atoms with Gasteiger partial charge in [0.2, 0.25) is 0 Å². The molecule has 1 amide bonds. The molecule has 0 spiro atoms. The van der Waals surface area contributed by atoms with Gasteiger partial charge in [-0.3, -0.25) is 4.79 Å². The lowest BCUT2D eigenvalue weighted by atomic mass is 9.79. The molecule has 2 saturated heterocycles. The molecular formula is C21H30N2O3. The first-order valence-electron chi connectivity index (χ1n) is 9.91. The van der Waals surface area contributed by atoms with Gasteiger partial charge in [-0.15, -0.1) is 0 Å². The van der Waals surface area contributed by atoms with E-state index in [1.807, 2.05) is 17.0 Å². The third-order valence-corrected chi connectivity index (χ3v) is 6.72. The average Bonchev–Trinajstić information content (AvgIpc) is 3.35. The van der Waals surface area contributed by atoms with Gasteiger partial charge in [0.05, 0.1) is 17.7 Å². The minimum absolute atomic E-state index is 0.108. The maximum absolute atomic E-state index is 13.2. The number of methoxy groups -OCH3 is 2. The summed E-state index contributed by atoms with van der Waals surface area (Å²) in [6, 6.07) is 8.27. The van der Waals surface area contributed by atoms with Crippen LogP contribution in [0, 0.1) is 0 Å². The number of ether oxygens (including phenoxy) is 2. The Hall–Kier alpha value is -1.59. The number of hydrogen-bond acceptors (Lipinski definition) is 4. The van der Waals surface area contributed by atoms with Crippen molar-refractivity contribution in [3.63, 3.8) is 0 Å². The number of rotatable bonds is 4. The maximum atomic E-state index is 13.2. The molecule has 0 aromatic heterocycles. The predicted molar refractivity (Wildman–Crippen MR) is 102 cm³/mol. The molecule has 3 atom stereocenters. The number of fused-ring (bicyclic) bond motifs is 1. The van der Waals surface area contributed by atoms with Crippen LogP contribution in [0.1, 0.15) is 48.9 Å². The SMILES string of the molecule is CO[C@H]1CC[C@@]2(OC)CCN(C(=O)c3ccc(N4CCCC4)cc3)[C@H]2C1. The summed E-state index contributed by atoms with van der Waals surface area (Å²) in [7, 11) is 3.56. The third kappa shape index (κ3) is 3.01. The highest BCUT2D eigenvalue weighted by Gasteiger charge is 2.52. The smallest absolute Gasteiger partial charge is 0.254 e. The van der Waals surface area contributed by atoms with Crippen LogP contribution in [0.15, 0.2) is 24.3 Å². The molecule has 0 unspecified atom stereocenters. The fraction of sp³-hybridized carbons (Fsp3) is 0.667. The van der Waals surface area contributed by atoms with Crippen molar-refractivity contribution in [2.75, 3.05) is 38.8 Å². The van der Waals surface area contributed by atoms with E-state index in [4.69, 9.17) is 9.47 Å². The number of carbonyl (C=O) groups is 1. The molecule has 0 radical (unpaired) electrons. The Labute approximate surface area is 156 Å². The highest BCUT2D eigenvalue weighted by Crippen LogP contribution is 2.43. The molecule has 3 fully saturated rings. The van der Waals surface area contributed by atoms with Gasteiger partial charge in [-0.05, 0) is 62.8 Å². The lowest BCUT2D eigenvalue weighted by Crippen LogP contribution is -2.53. The fourth-order valence-electron chi connectivity index (χ4n) is 5.08. The Kier molecular flexibility index (Phi) is 4.93. The van der Waals surface area contributed by atoms with Crippen LogP contribution in [-0.4, -0.2) is 62.4 Å². The zero-order chi connectivity index (χ0) is 18.1. The monoisotopic (exact) mass is 358 g/mol. The first-order chi connectivity index (χ1) is 12.7. The van der Waals surface area contributed by atoms with Crippen molar-refractivity contribution in [1.82, 2.24) is 4.90 Å². The Morgan fingerprint density at radius 3 is 2.46 bits per heavy atom. The zero-order valence-corrected chi connectivity index (χ0v) is 15.9. The summed E-state index contributed by atoms with van der Waals surface area (Å²) in [5, 5.41) is 0. The number of amides is 1. The third-order valence-electron chi connectivity index (χ3n) is 6.72. The van der Waals surface area contributed by atoms with E-state index in [0.717, 1.165) is 50.9 Å². The van der Waals surface area contributed by atoms with E-state index in [1.165, 1.54) is 18.5 Å². The summed E-state index contributed by atoms with van der Waals surface area (Å²) < 4.78 is 11.5. The van der Waals surface area contributed by atoms with Crippen LogP contribution in [-0.2, 0) is 9.47 Å². The van der Waals surface area contributed by atoms with E-state index in [0.29, 0.717) is 0 Å². The van der Waals surface area contributed by atoms with Gasteiger partial charge < -0.3 is 19.3 Å². The van der Waals surface area contributed by atoms with Crippen LogP contribution >= 0.6 is 0 Å². The second-order valence-electron chi connectivity index (χ2n) is 7.91. The average molecular weight is 358 g/mol. The standard InChI is InChI=1S/C21H30N2O3/c1-25-18-9-10-21(26-2)11-14-23(19(21)15-18)20(24)16-5-7-17(8-6-16)22-12-3-4-13-22/h5-8,18-19H,3-4,9-15H2,1-2H3/t18-,19-,21+/m0/s1. The summed E-state index contributed by atoms with van der Waals surface area (Å²) in [6.45, 7) is 3.01. The van der Waals surface area contributed by atoms with E-state index in [2.05, 4.69) is 17.0 Å². The van der Waals surface area contributed by atoms with Crippen LogP contribution in [0.3, 0.4) is 0 Å². The molecule has 5 heteroatoms. The highest BCUT2D eigenvalue weighted by atomic mass is 16.5. The Morgan fingerprint density at radius 2 is 1.81 bits per heavy atom. The second-order valence-corrected chi connectivity index (χ2v) is 7.91. The minimum Gasteiger partial charge on any atom is -0.381 e. The lowest BCUT2D eigenvalue weighted by molar-refractivity contribution is -0.0893. The fourth-order valence-corrected chi connectivity index (χ4v) is 5.08. The van der Waals surface area contributed by atoms with Crippen molar-refractivity contribution in [2.24, 2.45) is 0 Å². The Bertz CT molecular complexity index is 641. The molecule has 3 aliphatic rings. The molecule has 1 aliphatic carbocycles.